The Morgan fingerprint density at radius 3 is 1.52 bits per heavy atom. The van der Waals surface area contributed by atoms with Crippen LogP contribution in [0, 0.1) is 5.92 Å². The summed E-state index contributed by atoms with van der Waals surface area (Å²) in [6.07, 6.45) is 2.41. The van der Waals surface area contributed by atoms with E-state index >= 15 is 0 Å². The molecule has 0 heterocycles. The van der Waals surface area contributed by atoms with Crippen LogP contribution in [-0.4, -0.2) is 13.1 Å². The summed E-state index contributed by atoms with van der Waals surface area (Å²) in [5.74, 6) is 1.09. The van der Waals surface area contributed by atoms with E-state index in [1.807, 2.05) is 0 Å². The van der Waals surface area contributed by atoms with Crippen molar-refractivity contribution < 1.29 is 0 Å². The summed E-state index contributed by atoms with van der Waals surface area (Å²) in [7, 11) is 2.10. The number of hydrogen-bond donors (Lipinski definition) is 1. The summed E-state index contributed by atoms with van der Waals surface area (Å²) in [6.45, 7) is 4.59. The van der Waals surface area contributed by atoms with Gasteiger partial charge in [0, 0.05) is 12.0 Å². The first-order valence-corrected chi connectivity index (χ1v) is 8.08. The Bertz CT molecular complexity index is 462. The molecule has 0 aromatic heterocycles. The summed E-state index contributed by atoms with van der Waals surface area (Å²) < 4.78 is 0. The van der Waals surface area contributed by atoms with Crippen molar-refractivity contribution in [3.8, 4) is 0 Å². The molecule has 0 saturated carbocycles. The number of nitrogens with one attached hydrogen (secondary N) is 1. The zero-order valence-corrected chi connectivity index (χ0v) is 13.4. The third kappa shape index (κ3) is 3.74. The van der Waals surface area contributed by atoms with E-state index in [1.165, 1.54) is 24.0 Å². The fourth-order valence-electron chi connectivity index (χ4n) is 3.40. The second-order valence-electron chi connectivity index (χ2n) is 5.69. The second kappa shape index (κ2) is 7.99. The zero-order chi connectivity index (χ0) is 15.1. The molecule has 0 aliphatic carbocycles. The average molecular weight is 281 g/mol. The van der Waals surface area contributed by atoms with Crippen LogP contribution in [-0.2, 0) is 0 Å². The normalized spacial score (nSPS) is 12.8. The van der Waals surface area contributed by atoms with Gasteiger partial charge in [0.05, 0.1) is 0 Å². The molecule has 2 aromatic carbocycles. The summed E-state index contributed by atoms with van der Waals surface area (Å²) in [6, 6.07) is 22.2. The van der Waals surface area contributed by atoms with Crippen molar-refractivity contribution in [3.05, 3.63) is 71.8 Å². The maximum absolute atomic E-state index is 3.60. The fraction of sp³-hybridized carbons (Fsp3) is 0.400. The van der Waals surface area contributed by atoms with E-state index in [4.69, 9.17) is 0 Å². The van der Waals surface area contributed by atoms with E-state index in [0.717, 1.165) is 0 Å². The SMILES string of the molecule is CCC(CC)C(NC)C(c1ccccc1)c1ccccc1. The lowest BCUT2D eigenvalue weighted by molar-refractivity contribution is 0.324. The number of hydrogen-bond acceptors (Lipinski definition) is 1. The highest BCUT2D eigenvalue weighted by Crippen LogP contribution is 2.33. The first kappa shape index (κ1) is 15.8. The molecule has 0 fully saturated rings. The van der Waals surface area contributed by atoms with E-state index < -0.39 is 0 Å². The Morgan fingerprint density at radius 1 is 0.762 bits per heavy atom. The van der Waals surface area contributed by atoms with E-state index in [0.29, 0.717) is 17.9 Å². The second-order valence-corrected chi connectivity index (χ2v) is 5.69. The monoisotopic (exact) mass is 281 g/mol. The highest BCUT2D eigenvalue weighted by Gasteiger charge is 2.28. The summed E-state index contributed by atoms with van der Waals surface area (Å²) in [5, 5.41) is 3.60. The summed E-state index contributed by atoms with van der Waals surface area (Å²) in [4.78, 5) is 0. The van der Waals surface area contributed by atoms with Gasteiger partial charge < -0.3 is 5.32 Å². The first-order valence-electron chi connectivity index (χ1n) is 8.08. The molecule has 0 amide bonds. The van der Waals surface area contributed by atoms with Crippen LogP contribution in [0.3, 0.4) is 0 Å². The minimum Gasteiger partial charge on any atom is -0.316 e. The lowest BCUT2D eigenvalue weighted by Gasteiger charge is -2.33. The van der Waals surface area contributed by atoms with Gasteiger partial charge >= 0.3 is 0 Å². The van der Waals surface area contributed by atoms with Crippen LogP contribution in [0.15, 0.2) is 60.7 Å². The molecule has 2 rings (SSSR count). The van der Waals surface area contributed by atoms with Gasteiger partial charge in [0.2, 0.25) is 0 Å². The van der Waals surface area contributed by atoms with E-state index in [9.17, 15) is 0 Å². The Morgan fingerprint density at radius 2 is 1.19 bits per heavy atom. The van der Waals surface area contributed by atoms with Gasteiger partial charge in [-0.2, -0.15) is 0 Å². The van der Waals surface area contributed by atoms with Gasteiger partial charge in [-0.05, 0) is 24.1 Å². The van der Waals surface area contributed by atoms with Gasteiger partial charge in [0.25, 0.3) is 0 Å². The quantitative estimate of drug-likeness (QED) is 0.765. The maximum Gasteiger partial charge on any atom is 0.0246 e. The molecule has 112 valence electrons. The maximum atomic E-state index is 3.60. The predicted molar refractivity (Wildman–Crippen MR) is 91.6 cm³/mol. The molecule has 0 bridgehead atoms. The average Bonchev–Trinajstić information content (AvgIpc) is 2.56. The van der Waals surface area contributed by atoms with Crippen LogP contribution in [0.1, 0.15) is 43.7 Å². The topological polar surface area (TPSA) is 12.0 Å². The van der Waals surface area contributed by atoms with Crippen molar-refractivity contribution in [2.24, 2.45) is 5.92 Å². The molecule has 1 N–H and O–H groups in total. The van der Waals surface area contributed by atoms with Crippen molar-refractivity contribution in [3.63, 3.8) is 0 Å². The van der Waals surface area contributed by atoms with Gasteiger partial charge in [0.15, 0.2) is 0 Å². The molecule has 21 heavy (non-hydrogen) atoms. The molecule has 1 nitrogen and oxygen atoms in total. The molecule has 0 saturated heterocycles. The lowest BCUT2D eigenvalue weighted by Crippen LogP contribution is -2.39. The highest BCUT2D eigenvalue weighted by molar-refractivity contribution is 5.34. The van der Waals surface area contributed by atoms with Gasteiger partial charge in [-0.15, -0.1) is 0 Å². The molecule has 0 aliphatic rings. The molecular formula is C20H27N. The van der Waals surface area contributed by atoms with Crippen LogP contribution in [0.4, 0.5) is 0 Å². The minimum absolute atomic E-state index is 0.405. The smallest absolute Gasteiger partial charge is 0.0246 e. The molecule has 2 aromatic rings. The number of benzene rings is 2. The van der Waals surface area contributed by atoms with Gasteiger partial charge in [-0.25, -0.2) is 0 Å². The molecule has 0 aliphatic heterocycles. The minimum atomic E-state index is 0.405. The zero-order valence-electron chi connectivity index (χ0n) is 13.4. The Labute approximate surface area is 129 Å². The standard InChI is InChI=1S/C20H27N/c1-4-16(5-2)20(21-3)19(17-12-8-6-9-13-17)18-14-10-7-11-15-18/h6-16,19-21H,4-5H2,1-3H3. The molecule has 1 unspecified atom stereocenters. The third-order valence-corrected chi connectivity index (χ3v) is 4.57. The third-order valence-electron chi connectivity index (χ3n) is 4.57. The van der Waals surface area contributed by atoms with Crippen LogP contribution >= 0.6 is 0 Å². The van der Waals surface area contributed by atoms with Crippen molar-refractivity contribution in [2.75, 3.05) is 7.05 Å². The van der Waals surface area contributed by atoms with E-state index in [-0.39, 0.29) is 0 Å². The van der Waals surface area contributed by atoms with Crippen molar-refractivity contribution in [1.29, 1.82) is 0 Å². The van der Waals surface area contributed by atoms with Gasteiger partial charge in [0.1, 0.15) is 0 Å². The van der Waals surface area contributed by atoms with Crippen molar-refractivity contribution in [1.82, 2.24) is 5.32 Å². The van der Waals surface area contributed by atoms with Crippen LogP contribution in [0.5, 0.6) is 0 Å². The van der Waals surface area contributed by atoms with Gasteiger partial charge in [-0.1, -0.05) is 87.4 Å². The Balaban J connectivity index is 2.45. The summed E-state index contributed by atoms with van der Waals surface area (Å²) in [5.41, 5.74) is 2.80. The Kier molecular flexibility index (Phi) is 6.01. The predicted octanol–water partition coefficient (Wildman–Crippen LogP) is 4.84. The van der Waals surface area contributed by atoms with Crippen molar-refractivity contribution >= 4 is 0 Å². The molecule has 0 radical (unpaired) electrons. The van der Waals surface area contributed by atoms with Gasteiger partial charge in [-0.3, -0.25) is 0 Å². The number of rotatable bonds is 7. The van der Waals surface area contributed by atoms with Crippen LogP contribution in [0.2, 0.25) is 0 Å². The summed E-state index contributed by atoms with van der Waals surface area (Å²) >= 11 is 0. The Hall–Kier alpha value is -1.60. The molecule has 0 spiro atoms. The molecule has 1 atom stereocenters. The highest BCUT2D eigenvalue weighted by atomic mass is 14.9. The molecule has 1 heteroatoms. The number of likely N-dealkylation sites (N-methyl/N-ethyl adjacent to an activating group) is 1. The first-order chi connectivity index (χ1) is 10.3. The largest absolute Gasteiger partial charge is 0.316 e. The van der Waals surface area contributed by atoms with Crippen LogP contribution in [0.25, 0.3) is 0 Å². The van der Waals surface area contributed by atoms with E-state index in [2.05, 4.69) is 86.9 Å². The van der Waals surface area contributed by atoms with Crippen molar-refractivity contribution in [2.45, 2.75) is 38.6 Å². The fourth-order valence-corrected chi connectivity index (χ4v) is 3.40. The van der Waals surface area contributed by atoms with E-state index in [1.54, 1.807) is 0 Å². The molecular weight excluding hydrogens is 254 g/mol. The lowest BCUT2D eigenvalue weighted by atomic mass is 9.77. The van der Waals surface area contributed by atoms with Crippen LogP contribution < -0.4 is 5.32 Å².